The second kappa shape index (κ2) is 8.19. The van der Waals surface area contributed by atoms with Gasteiger partial charge in [-0.1, -0.05) is 36.7 Å². The van der Waals surface area contributed by atoms with Gasteiger partial charge in [0.25, 0.3) is 11.5 Å². The normalized spacial score (nSPS) is 14.9. The number of aromatic nitrogens is 1. The predicted molar refractivity (Wildman–Crippen MR) is 113 cm³/mol. The number of amides is 1. The number of nitrogens with one attached hydrogen (secondary N) is 1. The van der Waals surface area contributed by atoms with Crippen molar-refractivity contribution < 1.29 is 4.79 Å². The minimum Gasteiger partial charge on any atom is -0.345 e. The van der Waals surface area contributed by atoms with Gasteiger partial charge in [-0.25, -0.2) is 0 Å². The quantitative estimate of drug-likeness (QED) is 0.658. The van der Waals surface area contributed by atoms with Gasteiger partial charge in [-0.3, -0.25) is 9.59 Å². The highest BCUT2D eigenvalue weighted by Gasteiger charge is 2.35. The fourth-order valence-electron chi connectivity index (χ4n) is 3.59. The van der Waals surface area contributed by atoms with Crippen LogP contribution in [0.1, 0.15) is 59.4 Å². The summed E-state index contributed by atoms with van der Waals surface area (Å²) in [7, 11) is 0. The molecule has 0 spiro atoms. The van der Waals surface area contributed by atoms with E-state index in [0.29, 0.717) is 38.8 Å². The first kappa shape index (κ1) is 20.2. The van der Waals surface area contributed by atoms with Crippen molar-refractivity contribution >= 4 is 33.4 Å². The molecule has 1 aromatic carbocycles. The number of pyridine rings is 1. The van der Waals surface area contributed by atoms with Crippen LogP contribution in [0.25, 0.3) is 0 Å². The van der Waals surface area contributed by atoms with Crippen LogP contribution in [0.2, 0.25) is 5.02 Å². The minimum atomic E-state index is -0.160. The number of halogens is 2. The molecule has 1 saturated carbocycles. The van der Waals surface area contributed by atoms with Crippen molar-refractivity contribution in [2.45, 2.75) is 52.6 Å². The van der Waals surface area contributed by atoms with Crippen molar-refractivity contribution in [2.75, 3.05) is 0 Å². The molecule has 0 aliphatic heterocycles. The topological polar surface area (TPSA) is 51.1 Å². The molecule has 1 atom stereocenters. The first-order chi connectivity index (χ1) is 12.9. The zero-order chi connectivity index (χ0) is 19.7. The summed E-state index contributed by atoms with van der Waals surface area (Å²) in [5.74, 6) is 0.242. The molecule has 27 heavy (non-hydrogen) atoms. The van der Waals surface area contributed by atoms with E-state index in [9.17, 15) is 9.59 Å². The lowest BCUT2D eigenvalue weighted by atomic mass is 10.0. The standard InChI is InChI=1S/C21H24BrClN2O2/c1-4-11-25-13(3)17(12(2)18(22)21(25)27)20(26)24-19(14-9-10-14)15-7-5-6-8-16(15)23/h5-8,14,19H,4,9-11H2,1-3H3,(H,24,26)/t19-/m0/s1. The average molecular weight is 452 g/mol. The molecule has 1 aliphatic rings. The third-order valence-electron chi connectivity index (χ3n) is 5.20. The Morgan fingerprint density at radius 2 is 2.00 bits per heavy atom. The summed E-state index contributed by atoms with van der Waals surface area (Å²) in [6.07, 6.45) is 2.97. The highest BCUT2D eigenvalue weighted by atomic mass is 79.9. The molecular weight excluding hydrogens is 428 g/mol. The first-order valence-corrected chi connectivity index (χ1v) is 10.5. The zero-order valence-corrected chi connectivity index (χ0v) is 18.2. The highest BCUT2D eigenvalue weighted by molar-refractivity contribution is 9.10. The third-order valence-corrected chi connectivity index (χ3v) is 6.48. The van der Waals surface area contributed by atoms with E-state index in [1.165, 1.54) is 0 Å². The Bertz CT molecular complexity index is 935. The lowest BCUT2D eigenvalue weighted by Gasteiger charge is -2.23. The number of carbonyl (C=O) groups is 1. The van der Waals surface area contributed by atoms with Crippen LogP contribution >= 0.6 is 27.5 Å². The van der Waals surface area contributed by atoms with Crippen molar-refractivity contribution in [3.8, 4) is 0 Å². The Balaban J connectivity index is 2.00. The molecule has 1 N–H and O–H groups in total. The molecule has 1 heterocycles. The maximum Gasteiger partial charge on any atom is 0.265 e. The number of hydrogen-bond donors (Lipinski definition) is 1. The second-order valence-corrected chi connectivity index (χ2v) is 8.37. The second-order valence-electron chi connectivity index (χ2n) is 7.17. The number of rotatable bonds is 6. The van der Waals surface area contributed by atoms with Gasteiger partial charge in [0, 0.05) is 17.3 Å². The Kier molecular flexibility index (Phi) is 6.11. The van der Waals surface area contributed by atoms with Gasteiger partial charge in [-0.15, -0.1) is 0 Å². The van der Waals surface area contributed by atoms with Crippen LogP contribution in [0.3, 0.4) is 0 Å². The van der Waals surface area contributed by atoms with Crippen molar-refractivity contribution in [3.05, 3.63) is 66.5 Å². The van der Waals surface area contributed by atoms with E-state index in [4.69, 9.17) is 11.6 Å². The van der Waals surface area contributed by atoms with Gasteiger partial charge in [-0.2, -0.15) is 0 Å². The zero-order valence-electron chi connectivity index (χ0n) is 15.8. The first-order valence-electron chi connectivity index (χ1n) is 9.31. The van der Waals surface area contributed by atoms with Crippen molar-refractivity contribution in [3.63, 3.8) is 0 Å². The summed E-state index contributed by atoms with van der Waals surface area (Å²) in [5.41, 5.74) is 2.80. The Hall–Kier alpha value is -1.59. The van der Waals surface area contributed by atoms with Crippen LogP contribution in [0.4, 0.5) is 0 Å². The molecule has 0 saturated heterocycles. The third kappa shape index (κ3) is 3.99. The maximum atomic E-state index is 13.2. The van der Waals surface area contributed by atoms with E-state index in [0.717, 1.165) is 24.8 Å². The van der Waals surface area contributed by atoms with Gasteiger partial charge in [0.15, 0.2) is 0 Å². The molecule has 1 fully saturated rings. The summed E-state index contributed by atoms with van der Waals surface area (Å²) in [6, 6.07) is 7.54. The summed E-state index contributed by atoms with van der Waals surface area (Å²) < 4.78 is 2.13. The SMILES string of the molecule is CCCn1c(C)c(C(=O)N[C@H](c2ccccc2Cl)C2CC2)c(C)c(Br)c1=O. The number of carbonyl (C=O) groups excluding carboxylic acids is 1. The Morgan fingerprint density at radius 1 is 1.33 bits per heavy atom. The minimum absolute atomic E-state index is 0.0896. The summed E-state index contributed by atoms with van der Waals surface area (Å²) in [5, 5.41) is 3.86. The van der Waals surface area contributed by atoms with E-state index in [2.05, 4.69) is 21.2 Å². The molecule has 1 aromatic heterocycles. The highest BCUT2D eigenvalue weighted by Crippen LogP contribution is 2.43. The summed E-state index contributed by atoms with van der Waals surface area (Å²) in [6.45, 7) is 6.25. The molecule has 0 bridgehead atoms. The lowest BCUT2D eigenvalue weighted by molar-refractivity contribution is 0.0929. The lowest BCUT2D eigenvalue weighted by Crippen LogP contribution is -2.34. The van der Waals surface area contributed by atoms with Crippen LogP contribution in [-0.2, 0) is 6.54 Å². The smallest absolute Gasteiger partial charge is 0.265 e. The summed E-state index contributed by atoms with van der Waals surface area (Å²) >= 11 is 9.77. The van der Waals surface area contributed by atoms with Crippen LogP contribution in [0, 0.1) is 19.8 Å². The largest absolute Gasteiger partial charge is 0.345 e. The molecule has 144 valence electrons. The van der Waals surface area contributed by atoms with Crippen LogP contribution in [0.5, 0.6) is 0 Å². The van der Waals surface area contributed by atoms with Crippen molar-refractivity contribution in [1.82, 2.24) is 9.88 Å². The van der Waals surface area contributed by atoms with E-state index in [1.807, 2.05) is 45.0 Å². The monoisotopic (exact) mass is 450 g/mol. The molecule has 1 amide bonds. The Morgan fingerprint density at radius 3 is 2.59 bits per heavy atom. The Labute approximate surface area is 173 Å². The molecule has 6 heteroatoms. The van der Waals surface area contributed by atoms with Gasteiger partial charge in [0.05, 0.1) is 16.1 Å². The molecule has 1 aliphatic carbocycles. The molecule has 0 unspecified atom stereocenters. The van der Waals surface area contributed by atoms with Crippen LogP contribution in [-0.4, -0.2) is 10.5 Å². The fourth-order valence-corrected chi connectivity index (χ4v) is 4.26. The van der Waals surface area contributed by atoms with Gasteiger partial charge >= 0.3 is 0 Å². The van der Waals surface area contributed by atoms with E-state index >= 15 is 0 Å². The van der Waals surface area contributed by atoms with Crippen LogP contribution < -0.4 is 10.9 Å². The predicted octanol–water partition coefficient (Wildman–Crippen LogP) is 5.17. The van der Waals surface area contributed by atoms with Crippen molar-refractivity contribution in [1.29, 1.82) is 0 Å². The fraction of sp³-hybridized carbons (Fsp3) is 0.429. The van der Waals surface area contributed by atoms with E-state index < -0.39 is 0 Å². The van der Waals surface area contributed by atoms with Gasteiger partial charge in [0.2, 0.25) is 0 Å². The molecule has 4 nitrogen and oxygen atoms in total. The number of benzene rings is 1. The molecule has 2 aromatic rings. The van der Waals surface area contributed by atoms with Gasteiger partial charge < -0.3 is 9.88 Å². The molecule has 3 rings (SSSR count). The molecular formula is C21H24BrClN2O2. The van der Waals surface area contributed by atoms with E-state index in [1.54, 1.807) is 4.57 Å². The van der Waals surface area contributed by atoms with Crippen molar-refractivity contribution in [2.24, 2.45) is 5.92 Å². The molecule has 0 radical (unpaired) electrons. The van der Waals surface area contributed by atoms with Crippen LogP contribution in [0.15, 0.2) is 33.5 Å². The van der Waals surface area contributed by atoms with Gasteiger partial charge in [-0.05, 0) is 72.2 Å². The summed E-state index contributed by atoms with van der Waals surface area (Å²) in [4.78, 5) is 25.8. The number of hydrogen-bond acceptors (Lipinski definition) is 2. The average Bonchev–Trinajstić information content (AvgIpc) is 3.47. The van der Waals surface area contributed by atoms with E-state index in [-0.39, 0.29) is 17.5 Å². The number of nitrogens with zero attached hydrogens (tertiary/aromatic N) is 1. The van der Waals surface area contributed by atoms with Gasteiger partial charge in [0.1, 0.15) is 0 Å². The maximum absolute atomic E-state index is 13.2.